The topological polar surface area (TPSA) is 56.7 Å². The second-order valence-corrected chi connectivity index (χ2v) is 5.20. The van der Waals surface area contributed by atoms with E-state index < -0.39 is 0 Å². The standard InChI is InChI=1S/C12H15ClN4S/c1-3-10-16-9-4-8(13)5-15-12(9)17(10)6-7(2)11(14)18/h4-5,7H,3,6H2,1-2H3,(H2,14,18). The number of pyridine rings is 1. The molecule has 0 aliphatic rings. The molecule has 18 heavy (non-hydrogen) atoms. The Morgan fingerprint density at radius 3 is 2.94 bits per heavy atom. The smallest absolute Gasteiger partial charge is 0.160 e. The van der Waals surface area contributed by atoms with Crippen LogP contribution in [0, 0.1) is 5.92 Å². The van der Waals surface area contributed by atoms with E-state index in [1.54, 1.807) is 6.20 Å². The summed E-state index contributed by atoms with van der Waals surface area (Å²) in [6.45, 7) is 4.76. The Balaban J connectivity index is 2.50. The zero-order valence-electron chi connectivity index (χ0n) is 10.4. The van der Waals surface area contributed by atoms with Crippen molar-refractivity contribution in [3.63, 3.8) is 0 Å². The van der Waals surface area contributed by atoms with E-state index in [-0.39, 0.29) is 5.92 Å². The molecule has 0 bridgehead atoms. The lowest BCUT2D eigenvalue weighted by Gasteiger charge is -2.13. The zero-order valence-corrected chi connectivity index (χ0v) is 11.9. The largest absolute Gasteiger partial charge is 0.393 e. The highest BCUT2D eigenvalue weighted by molar-refractivity contribution is 7.80. The number of imidazole rings is 1. The van der Waals surface area contributed by atoms with Gasteiger partial charge in [-0.2, -0.15) is 0 Å². The molecule has 0 fully saturated rings. The zero-order chi connectivity index (χ0) is 13.3. The summed E-state index contributed by atoms with van der Waals surface area (Å²) in [4.78, 5) is 9.39. The van der Waals surface area contributed by atoms with Crippen LogP contribution in [0.2, 0.25) is 5.02 Å². The molecule has 2 heterocycles. The lowest BCUT2D eigenvalue weighted by molar-refractivity contribution is 0.586. The van der Waals surface area contributed by atoms with Gasteiger partial charge in [-0.3, -0.25) is 0 Å². The first-order valence-corrected chi connectivity index (χ1v) is 6.61. The molecule has 2 rings (SSSR count). The van der Waals surface area contributed by atoms with Crippen LogP contribution in [-0.4, -0.2) is 19.5 Å². The van der Waals surface area contributed by atoms with Crippen LogP contribution < -0.4 is 5.73 Å². The molecular weight excluding hydrogens is 268 g/mol. The van der Waals surface area contributed by atoms with Crippen molar-refractivity contribution in [1.29, 1.82) is 0 Å². The molecule has 2 aromatic heterocycles. The number of aryl methyl sites for hydroxylation is 1. The molecule has 6 heteroatoms. The fourth-order valence-electron chi connectivity index (χ4n) is 1.86. The van der Waals surface area contributed by atoms with Crippen LogP contribution in [-0.2, 0) is 13.0 Å². The Morgan fingerprint density at radius 1 is 1.61 bits per heavy atom. The van der Waals surface area contributed by atoms with Crippen LogP contribution in [0.25, 0.3) is 11.2 Å². The third kappa shape index (κ3) is 2.47. The molecule has 0 spiro atoms. The molecular formula is C12H15ClN4S. The average molecular weight is 283 g/mol. The van der Waals surface area contributed by atoms with Gasteiger partial charge in [-0.1, -0.05) is 37.7 Å². The number of nitrogens with zero attached hydrogens (tertiary/aromatic N) is 3. The minimum atomic E-state index is 0.111. The number of thiocarbonyl (C=S) groups is 1. The Hall–Kier alpha value is -1.20. The maximum Gasteiger partial charge on any atom is 0.160 e. The van der Waals surface area contributed by atoms with Gasteiger partial charge in [-0.25, -0.2) is 9.97 Å². The van der Waals surface area contributed by atoms with Crippen LogP contribution in [0.3, 0.4) is 0 Å². The van der Waals surface area contributed by atoms with Crippen molar-refractivity contribution in [2.75, 3.05) is 0 Å². The third-order valence-corrected chi connectivity index (χ3v) is 3.50. The molecule has 0 radical (unpaired) electrons. The molecule has 0 saturated heterocycles. The molecule has 0 aliphatic carbocycles. The van der Waals surface area contributed by atoms with E-state index in [1.807, 2.05) is 13.0 Å². The lowest BCUT2D eigenvalue weighted by atomic mass is 10.2. The van der Waals surface area contributed by atoms with E-state index >= 15 is 0 Å². The number of hydrogen-bond donors (Lipinski definition) is 1. The van der Waals surface area contributed by atoms with E-state index in [2.05, 4.69) is 21.5 Å². The van der Waals surface area contributed by atoms with E-state index in [0.29, 0.717) is 16.6 Å². The summed E-state index contributed by atoms with van der Waals surface area (Å²) >= 11 is 10.9. The van der Waals surface area contributed by atoms with Gasteiger partial charge in [0.25, 0.3) is 0 Å². The predicted molar refractivity (Wildman–Crippen MR) is 77.9 cm³/mol. The fourth-order valence-corrected chi connectivity index (χ4v) is 2.09. The van der Waals surface area contributed by atoms with Crippen molar-refractivity contribution in [3.05, 3.63) is 23.1 Å². The number of fused-ring (bicyclic) bond motifs is 1. The van der Waals surface area contributed by atoms with Gasteiger partial charge in [0.1, 0.15) is 11.3 Å². The highest BCUT2D eigenvalue weighted by Crippen LogP contribution is 2.19. The molecule has 0 saturated carbocycles. The summed E-state index contributed by atoms with van der Waals surface area (Å²) in [5, 5.41) is 0.595. The van der Waals surface area contributed by atoms with Crippen LogP contribution in [0.4, 0.5) is 0 Å². The van der Waals surface area contributed by atoms with E-state index in [9.17, 15) is 0 Å². The summed E-state index contributed by atoms with van der Waals surface area (Å²) in [5.74, 6) is 1.09. The normalized spacial score (nSPS) is 12.8. The van der Waals surface area contributed by atoms with Gasteiger partial charge >= 0.3 is 0 Å². The highest BCUT2D eigenvalue weighted by atomic mass is 35.5. The Morgan fingerprint density at radius 2 is 2.33 bits per heavy atom. The third-order valence-electron chi connectivity index (χ3n) is 2.89. The van der Waals surface area contributed by atoms with Gasteiger partial charge in [-0.15, -0.1) is 0 Å². The van der Waals surface area contributed by atoms with Crippen LogP contribution >= 0.6 is 23.8 Å². The second kappa shape index (κ2) is 5.20. The molecule has 0 amide bonds. The number of halogens is 1. The molecule has 2 N–H and O–H groups in total. The molecule has 0 aliphatic heterocycles. The quantitative estimate of drug-likeness (QED) is 0.876. The SMILES string of the molecule is CCc1nc2cc(Cl)cnc2n1CC(C)C(N)=S. The summed E-state index contributed by atoms with van der Waals surface area (Å²) in [7, 11) is 0. The molecule has 0 aromatic carbocycles. The van der Waals surface area contributed by atoms with Crippen LogP contribution in [0.5, 0.6) is 0 Å². The first-order chi connectivity index (χ1) is 8.52. The van der Waals surface area contributed by atoms with Crippen LogP contribution in [0.15, 0.2) is 12.3 Å². The first kappa shape index (κ1) is 13.2. The number of aromatic nitrogens is 3. The number of rotatable bonds is 4. The molecule has 96 valence electrons. The van der Waals surface area contributed by atoms with Crippen molar-refractivity contribution in [2.45, 2.75) is 26.8 Å². The average Bonchev–Trinajstić information content (AvgIpc) is 2.66. The van der Waals surface area contributed by atoms with E-state index in [1.165, 1.54) is 0 Å². The maximum atomic E-state index is 5.93. The summed E-state index contributed by atoms with van der Waals surface area (Å²) < 4.78 is 2.06. The number of nitrogens with two attached hydrogens (primary N) is 1. The predicted octanol–water partition coefficient (Wildman–Crippen LogP) is 2.57. The van der Waals surface area contributed by atoms with Gasteiger partial charge in [0.2, 0.25) is 0 Å². The first-order valence-electron chi connectivity index (χ1n) is 5.83. The summed E-state index contributed by atoms with van der Waals surface area (Å²) in [6, 6.07) is 1.82. The maximum absolute atomic E-state index is 5.93. The lowest BCUT2D eigenvalue weighted by Crippen LogP contribution is -2.23. The van der Waals surface area contributed by atoms with Crippen molar-refractivity contribution < 1.29 is 0 Å². The molecule has 2 aromatic rings. The molecule has 4 nitrogen and oxygen atoms in total. The van der Waals surface area contributed by atoms with Gasteiger partial charge < -0.3 is 10.3 Å². The van der Waals surface area contributed by atoms with Gasteiger partial charge in [0.05, 0.1) is 10.0 Å². The summed E-state index contributed by atoms with van der Waals surface area (Å²) in [6.07, 6.45) is 2.46. The van der Waals surface area contributed by atoms with Gasteiger partial charge in [-0.05, 0) is 6.07 Å². The number of hydrogen-bond acceptors (Lipinski definition) is 3. The fraction of sp³-hybridized carbons (Fsp3) is 0.417. The van der Waals surface area contributed by atoms with Crippen LogP contribution in [0.1, 0.15) is 19.7 Å². The van der Waals surface area contributed by atoms with Crippen molar-refractivity contribution >= 4 is 40.0 Å². The van der Waals surface area contributed by atoms with Crippen molar-refractivity contribution in [1.82, 2.24) is 14.5 Å². The van der Waals surface area contributed by atoms with Gasteiger partial charge in [0.15, 0.2) is 5.65 Å². The molecule has 1 atom stereocenters. The van der Waals surface area contributed by atoms with Gasteiger partial charge in [0, 0.05) is 25.1 Å². The minimum Gasteiger partial charge on any atom is -0.393 e. The van der Waals surface area contributed by atoms with E-state index in [0.717, 1.165) is 23.4 Å². The van der Waals surface area contributed by atoms with E-state index in [4.69, 9.17) is 29.6 Å². The highest BCUT2D eigenvalue weighted by Gasteiger charge is 2.14. The Labute approximate surface area is 116 Å². The van der Waals surface area contributed by atoms with Crippen molar-refractivity contribution in [2.24, 2.45) is 11.7 Å². The molecule has 1 unspecified atom stereocenters. The Bertz CT molecular complexity index is 593. The summed E-state index contributed by atoms with van der Waals surface area (Å²) in [5.41, 5.74) is 7.32. The van der Waals surface area contributed by atoms with Crippen molar-refractivity contribution in [3.8, 4) is 0 Å². The Kier molecular flexibility index (Phi) is 3.82. The minimum absolute atomic E-state index is 0.111. The monoisotopic (exact) mass is 282 g/mol. The second-order valence-electron chi connectivity index (χ2n) is 4.29.